The van der Waals surface area contributed by atoms with Gasteiger partial charge in [-0.15, -0.1) is 23.2 Å². The molecule has 0 aromatic heterocycles. The maximum absolute atomic E-state index is 13.9. The third kappa shape index (κ3) is 4.08. The highest BCUT2D eigenvalue weighted by Gasteiger charge is 2.76. The number of benzene rings is 1. The fourth-order valence-corrected chi connectivity index (χ4v) is 8.31. The fraction of sp³-hybridized carbons (Fsp3) is 0.519. The van der Waals surface area contributed by atoms with E-state index in [1.54, 1.807) is 6.08 Å². The second-order valence-electron chi connectivity index (χ2n) is 10.6. The molecular formula is C27H27BrCl2N2O9. The van der Waals surface area contributed by atoms with Crippen LogP contribution >= 0.6 is 39.1 Å². The van der Waals surface area contributed by atoms with Crippen molar-refractivity contribution in [1.29, 1.82) is 0 Å². The molecule has 14 heteroatoms. The number of phenols is 1. The third-order valence-corrected chi connectivity index (χ3v) is 10.6. The summed E-state index contributed by atoms with van der Waals surface area (Å²) in [6.07, 6.45) is 1.67. The second kappa shape index (κ2) is 10.5. The molecule has 41 heavy (non-hydrogen) atoms. The van der Waals surface area contributed by atoms with Crippen molar-refractivity contribution in [2.24, 2.45) is 17.8 Å². The van der Waals surface area contributed by atoms with Crippen LogP contribution in [0.4, 0.5) is 0 Å². The highest BCUT2D eigenvalue weighted by molar-refractivity contribution is 9.09. The first kappa shape index (κ1) is 29.7. The van der Waals surface area contributed by atoms with Crippen molar-refractivity contribution < 1.29 is 43.7 Å². The number of carboxylic acid groups (broad SMARTS) is 1. The van der Waals surface area contributed by atoms with E-state index >= 15 is 0 Å². The van der Waals surface area contributed by atoms with Gasteiger partial charge in [-0.2, -0.15) is 0 Å². The number of nitrogens with zero attached hydrogens (tertiary/aromatic N) is 2. The lowest BCUT2D eigenvalue weighted by molar-refractivity contribution is -0.142. The Hall–Kier alpha value is -2.83. The zero-order valence-corrected chi connectivity index (χ0v) is 25.2. The minimum Gasteiger partial charge on any atom is -0.502 e. The van der Waals surface area contributed by atoms with Gasteiger partial charge in [0.15, 0.2) is 21.2 Å². The van der Waals surface area contributed by atoms with Gasteiger partial charge >= 0.3 is 5.97 Å². The van der Waals surface area contributed by atoms with Crippen LogP contribution in [0.25, 0.3) is 0 Å². The molecule has 4 aliphatic rings. The standard InChI is InChI=1S/C27H27BrCl2N2O9/c1-40-16-8-12(9-17(41-2)21(16)35)20-13-5-6-14-19(23(37)31(22(14)36)7-3-4-18(33)34)15(13)10-26(29)24(38)32(11-28)25(39)27(20,26)30/h5,8-9,14-15,19-20,35H,3-4,6-7,10-11H2,1-2H3,(H,33,34)/t14-,15+,19-,20-,26+,27-/m0/s1. The molecule has 2 aliphatic carbocycles. The molecule has 2 saturated heterocycles. The smallest absolute Gasteiger partial charge is 0.303 e. The van der Waals surface area contributed by atoms with Gasteiger partial charge in [-0.1, -0.05) is 27.6 Å². The quantitative estimate of drug-likeness (QED) is 0.184. The number of ether oxygens (including phenoxy) is 2. The average molecular weight is 674 g/mol. The summed E-state index contributed by atoms with van der Waals surface area (Å²) in [4.78, 5) is 63.6. The number of carbonyl (C=O) groups is 5. The minimum absolute atomic E-state index is 0.0297. The van der Waals surface area contributed by atoms with E-state index in [0.717, 1.165) is 9.80 Å². The first-order valence-corrected chi connectivity index (χ1v) is 14.8. The van der Waals surface area contributed by atoms with Gasteiger partial charge in [0, 0.05) is 18.9 Å². The lowest BCUT2D eigenvalue weighted by atomic mass is 9.56. The Kier molecular flexibility index (Phi) is 7.57. The van der Waals surface area contributed by atoms with Crippen molar-refractivity contribution in [3.63, 3.8) is 0 Å². The van der Waals surface area contributed by atoms with Crippen molar-refractivity contribution in [3.05, 3.63) is 29.3 Å². The molecule has 6 atom stereocenters. The van der Waals surface area contributed by atoms with Crippen molar-refractivity contribution in [1.82, 2.24) is 9.80 Å². The summed E-state index contributed by atoms with van der Waals surface area (Å²) in [6.45, 7) is -0.0466. The molecule has 0 spiro atoms. The molecule has 0 radical (unpaired) electrons. The first-order chi connectivity index (χ1) is 19.4. The number of allylic oxidation sites excluding steroid dienone is 2. The van der Waals surface area contributed by atoms with E-state index in [1.807, 2.05) is 0 Å². The molecule has 0 unspecified atom stereocenters. The summed E-state index contributed by atoms with van der Waals surface area (Å²) in [7, 11) is 2.68. The van der Waals surface area contributed by atoms with Crippen molar-refractivity contribution >= 4 is 68.7 Å². The van der Waals surface area contributed by atoms with Crippen LogP contribution < -0.4 is 9.47 Å². The molecule has 1 saturated carbocycles. The number of carboxylic acids is 1. The van der Waals surface area contributed by atoms with Crippen LogP contribution in [0.15, 0.2) is 23.8 Å². The first-order valence-electron chi connectivity index (χ1n) is 12.9. The van der Waals surface area contributed by atoms with E-state index in [4.69, 9.17) is 37.8 Å². The highest BCUT2D eigenvalue weighted by Crippen LogP contribution is 2.66. The molecule has 5 rings (SSSR count). The molecule has 2 N–H and O–H groups in total. The maximum Gasteiger partial charge on any atom is 0.303 e. The number of alkyl halides is 3. The zero-order valence-electron chi connectivity index (χ0n) is 22.1. The van der Waals surface area contributed by atoms with Crippen LogP contribution in [0, 0.1) is 17.8 Å². The number of carbonyl (C=O) groups excluding carboxylic acids is 4. The van der Waals surface area contributed by atoms with Crippen LogP contribution in [-0.4, -0.2) is 85.6 Å². The zero-order chi connectivity index (χ0) is 30.0. The topological polar surface area (TPSA) is 151 Å². The summed E-state index contributed by atoms with van der Waals surface area (Å²) in [6, 6.07) is 2.96. The van der Waals surface area contributed by atoms with Crippen molar-refractivity contribution in [2.75, 3.05) is 26.2 Å². The fourth-order valence-electron chi connectivity index (χ4n) is 6.88. The largest absolute Gasteiger partial charge is 0.502 e. The summed E-state index contributed by atoms with van der Waals surface area (Å²) in [5.41, 5.74) is 0.768. The Morgan fingerprint density at radius 2 is 1.68 bits per heavy atom. The normalized spacial score (nSPS) is 32.5. The van der Waals surface area contributed by atoms with E-state index in [1.165, 1.54) is 26.4 Å². The van der Waals surface area contributed by atoms with Crippen LogP contribution in [0.5, 0.6) is 17.2 Å². The number of aliphatic carboxylic acids is 1. The Labute approximate surface area is 253 Å². The number of hydrogen-bond acceptors (Lipinski definition) is 8. The van der Waals surface area contributed by atoms with E-state index in [2.05, 4.69) is 15.9 Å². The Balaban J connectivity index is 1.67. The minimum atomic E-state index is -2.02. The van der Waals surface area contributed by atoms with E-state index in [-0.39, 0.29) is 54.9 Å². The number of methoxy groups -OCH3 is 2. The molecule has 2 heterocycles. The number of aromatic hydroxyl groups is 1. The number of rotatable bonds is 8. The van der Waals surface area contributed by atoms with E-state index in [0.29, 0.717) is 11.1 Å². The van der Waals surface area contributed by atoms with Crippen LogP contribution in [0.2, 0.25) is 0 Å². The van der Waals surface area contributed by atoms with E-state index < -0.39 is 63.0 Å². The van der Waals surface area contributed by atoms with Gasteiger partial charge in [-0.25, -0.2) is 0 Å². The van der Waals surface area contributed by atoms with Gasteiger partial charge < -0.3 is 19.7 Å². The second-order valence-corrected chi connectivity index (χ2v) is 12.3. The Morgan fingerprint density at radius 1 is 1.05 bits per heavy atom. The van der Waals surface area contributed by atoms with Gasteiger partial charge in [-0.05, 0) is 42.9 Å². The third-order valence-electron chi connectivity index (χ3n) is 8.71. The summed E-state index contributed by atoms with van der Waals surface area (Å²) >= 11 is 17.6. The average Bonchev–Trinajstić information content (AvgIpc) is 3.26. The van der Waals surface area contributed by atoms with Gasteiger partial charge in [-0.3, -0.25) is 33.8 Å². The molecule has 1 aromatic rings. The van der Waals surface area contributed by atoms with Crippen molar-refractivity contribution in [2.45, 2.75) is 41.3 Å². The number of fused-ring (bicyclic) bond motifs is 4. The van der Waals surface area contributed by atoms with Crippen LogP contribution in [-0.2, 0) is 24.0 Å². The molecule has 2 aliphatic heterocycles. The number of imide groups is 2. The maximum atomic E-state index is 13.9. The predicted molar refractivity (Wildman–Crippen MR) is 148 cm³/mol. The number of amides is 4. The summed E-state index contributed by atoms with van der Waals surface area (Å²) in [5.74, 6) is -7.00. The van der Waals surface area contributed by atoms with Crippen molar-refractivity contribution in [3.8, 4) is 17.2 Å². The van der Waals surface area contributed by atoms with Crippen LogP contribution in [0.1, 0.15) is 37.2 Å². The molecule has 1 aromatic carbocycles. The number of likely N-dealkylation sites (tertiary alicyclic amines) is 2. The molecule has 220 valence electrons. The molecule has 0 bridgehead atoms. The van der Waals surface area contributed by atoms with Gasteiger partial charge in [0.1, 0.15) is 0 Å². The Bertz CT molecular complexity index is 1380. The SMILES string of the molecule is COc1cc([C@H]2C3=CC[C@@H]4C(=O)N(CCCC(=O)O)C(=O)[C@@H]4[C@@H]3C[C@@]3(Cl)C(=O)N(CBr)C(=O)[C@@]23Cl)cc(OC)c1O. The lowest BCUT2D eigenvalue weighted by Crippen LogP contribution is -2.60. The number of hydrogen-bond donors (Lipinski definition) is 2. The van der Waals surface area contributed by atoms with E-state index in [9.17, 15) is 29.1 Å². The monoisotopic (exact) mass is 672 g/mol. The molecule has 4 amide bonds. The summed E-state index contributed by atoms with van der Waals surface area (Å²) < 4.78 is 10.7. The molecule has 3 fully saturated rings. The molecular weight excluding hydrogens is 647 g/mol. The Morgan fingerprint density at radius 3 is 2.24 bits per heavy atom. The van der Waals surface area contributed by atoms with Gasteiger partial charge in [0.25, 0.3) is 11.8 Å². The number of phenolic OH excluding ortho intramolecular Hbond substituents is 1. The van der Waals surface area contributed by atoms with Gasteiger partial charge in [0.05, 0.1) is 31.5 Å². The highest BCUT2D eigenvalue weighted by atomic mass is 79.9. The molecule has 11 nitrogen and oxygen atoms in total. The van der Waals surface area contributed by atoms with Gasteiger partial charge in [0.2, 0.25) is 17.6 Å². The number of halogens is 3. The predicted octanol–water partition coefficient (Wildman–Crippen LogP) is 2.99. The van der Waals surface area contributed by atoms with Crippen LogP contribution in [0.3, 0.4) is 0 Å². The lowest BCUT2D eigenvalue weighted by Gasteiger charge is -2.50. The summed E-state index contributed by atoms with van der Waals surface area (Å²) in [5, 5.41) is 19.6.